The Morgan fingerprint density at radius 1 is 1.04 bits per heavy atom. The van der Waals surface area contributed by atoms with Crippen LogP contribution in [0, 0.1) is 0 Å². The fourth-order valence-electron chi connectivity index (χ4n) is 4.86. The minimum absolute atomic E-state index is 0.141. The van der Waals surface area contributed by atoms with Gasteiger partial charge in [-0.3, -0.25) is 0 Å². The summed E-state index contributed by atoms with van der Waals surface area (Å²) in [7, 11) is 0. The van der Waals surface area contributed by atoms with E-state index in [1.165, 1.54) is 21.9 Å². The first-order valence-corrected chi connectivity index (χ1v) is 10.3. The number of piperazine rings is 1. The number of hydrogen-bond acceptors (Lipinski definition) is 5. The minimum Gasteiger partial charge on any atom is -0.368 e. The molecule has 0 bridgehead atoms. The van der Waals surface area contributed by atoms with Crippen LogP contribution in [0.1, 0.15) is 36.6 Å². The van der Waals surface area contributed by atoms with Crippen LogP contribution in [0.2, 0.25) is 0 Å². The molecule has 0 radical (unpaired) electrons. The molecule has 28 heavy (non-hydrogen) atoms. The SMILES string of the molecule is CC1(c2ccc3ccccc3c2)CCCc2c(N3CCNCC3)nc(N)nc21. The summed E-state index contributed by atoms with van der Waals surface area (Å²) in [5, 5.41) is 5.97. The van der Waals surface area contributed by atoms with Gasteiger partial charge < -0.3 is 16.0 Å². The fourth-order valence-corrected chi connectivity index (χ4v) is 4.86. The Kier molecular flexibility index (Phi) is 4.20. The molecule has 5 rings (SSSR count). The molecule has 1 atom stereocenters. The molecule has 3 N–H and O–H groups in total. The van der Waals surface area contributed by atoms with Crippen LogP contribution in [0.25, 0.3) is 10.8 Å². The van der Waals surface area contributed by atoms with E-state index in [2.05, 4.69) is 64.6 Å². The zero-order valence-corrected chi connectivity index (χ0v) is 16.4. The van der Waals surface area contributed by atoms with Crippen molar-refractivity contribution in [1.82, 2.24) is 15.3 Å². The first kappa shape index (κ1) is 17.4. The fraction of sp³-hybridized carbons (Fsp3) is 0.391. The van der Waals surface area contributed by atoms with Gasteiger partial charge in [-0.05, 0) is 42.5 Å². The van der Waals surface area contributed by atoms with Gasteiger partial charge in [-0.25, -0.2) is 4.98 Å². The molecule has 0 saturated carbocycles. The summed E-state index contributed by atoms with van der Waals surface area (Å²) in [6.07, 6.45) is 3.25. The van der Waals surface area contributed by atoms with E-state index >= 15 is 0 Å². The molecule has 1 aliphatic heterocycles. The van der Waals surface area contributed by atoms with Crippen molar-refractivity contribution in [3.63, 3.8) is 0 Å². The van der Waals surface area contributed by atoms with Gasteiger partial charge in [0.15, 0.2) is 0 Å². The van der Waals surface area contributed by atoms with Crippen molar-refractivity contribution in [3.05, 3.63) is 59.3 Å². The van der Waals surface area contributed by atoms with Gasteiger partial charge in [0.2, 0.25) is 5.95 Å². The topological polar surface area (TPSA) is 67.1 Å². The van der Waals surface area contributed by atoms with Crippen molar-refractivity contribution >= 4 is 22.5 Å². The van der Waals surface area contributed by atoms with E-state index in [0.29, 0.717) is 5.95 Å². The average Bonchev–Trinajstić information content (AvgIpc) is 2.74. The number of fused-ring (bicyclic) bond motifs is 2. The first-order valence-electron chi connectivity index (χ1n) is 10.3. The molecule has 0 amide bonds. The Morgan fingerprint density at radius 2 is 1.82 bits per heavy atom. The summed E-state index contributed by atoms with van der Waals surface area (Å²) in [5.41, 5.74) is 9.80. The molecule has 3 aromatic rings. The van der Waals surface area contributed by atoms with Crippen LogP contribution in [-0.4, -0.2) is 36.1 Å². The third-order valence-corrected chi connectivity index (χ3v) is 6.43. The second kappa shape index (κ2) is 6.74. The average molecular weight is 374 g/mol. The lowest BCUT2D eigenvalue weighted by Gasteiger charge is -2.38. The van der Waals surface area contributed by atoms with Crippen molar-refractivity contribution in [2.75, 3.05) is 36.8 Å². The number of anilines is 2. The Bertz CT molecular complexity index is 1020. The number of rotatable bonds is 2. The highest BCUT2D eigenvalue weighted by Crippen LogP contribution is 2.44. The van der Waals surface area contributed by atoms with Crippen molar-refractivity contribution in [2.24, 2.45) is 0 Å². The van der Waals surface area contributed by atoms with E-state index in [-0.39, 0.29) is 5.41 Å². The first-order chi connectivity index (χ1) is 13.6. The molecule has 1 unspecified atom stereocenters. The highest BCUT2D eigenvalue weighted by molar-refractivity contribution is 5.83. The highest BCUT2D eigenvalue weighted by atomic mass is 15.2. The summed E-state index contributed by atoms with van der Waals surface area (Å²) >= 11 is 0. The van der Waals surface area contributed by atoms with Crippen LogP contribution < -0.4 is 16.0 Å². The van der Waals surface area contributed by atoms with Crippen LogP contribution in [0.5, 0.6) is 0 Å². The molecule has 144 valence electrons. The highest BCUT2D eigenvalue weighted by Gasteiger charge is 2.38. The molecular formula is C23H27N5. The molecule has 2 aliphatic rings. The van der Waals surface area contributed by atoms with Crippen LogP contribution in [0.4, 0.5) is 11.8 Å². The lowest BCUT2D eigenvalue weighted by molar-refractivity contribution is 0.448. The lowest BCUT2D eigenvalue weighted by atomic mass is 9.69. The molecule has 2 aromatic carbocycles. The van der Waals surface area contributed by atoms with Crippen LogP contribution >= 0.6 is 0 Å². The van der Waals surface area contributed by atoms with Gasteiger partial charge in [0.25, 0.3) is 0 Å². The number of nitrogens with zero attached hydrogens (tertiary/aromatic N) is 3. The molecule has 5 heteroatoms. The van der Waals surface area contributed by atoms with E-state index in [1.54, 1.807) is 0 Å². The number of nitrogen functional groups attached to an aromatic ring is 1. The predicted octanol–water partition coefficient (Wildman–Crippen LogP) is 3.26. The van der Waals surface area contributed by atoms with Gasteiger partial charge in [0.1, 0.15) is 5.82 Å². The van der Waals surface area contributed by atoms with Crippen LogP contribution in [0.15, 0.2) is 42.5 Å². The van der Waals surface area contributed by atoms with Gasteiger partial charge >= 0.3 is 0 Å². The van der Waals surface area contributed by atoms with Gasteiger partial charge in [-0.1, -0.05) is 42.5 Å². The van der Waals surface area contributed by atoms with Gasteiger partial charge in [0.05, 0.1) is 5.69 Å². The number of aromatic nitrogens is 2. The predicted molar refractivity (Wildman–Crippen MR) is 115 cm³/mol. The van der Waals surface area contributed by atoms with Crippen molar-refractivity contribution in [2.45, 2.75) is 31.6 Å². The molecule has 2 heterocycles. The zero-order valence-electron chi connectivity index (χ0n) is 16.4. The standard InChI is InChI=1S/C23H27N5/c1-23(18-9-8-16-5-2-3-6-17(16)15-18)10-4-7-19-20(23)26-22(24)27-21(19)28-13-11-25-12-14-28/h2-3,5-6,8-9,15,25H,4,7,10-14H2,1H3,(H2,24,26,27). The second-order valence-corrected chi connectivity index (χ2v) is 8.22. The Balaban J connectivity index is 1.65. The summed E-state index contributed by atoms with van der Waals surface area (Å²) < 4.78 is 0. The third-order valence-electron chi connectivity index (χ3n) is 6.43. The molecule has 1 saturated heterocycles. The smallest absolute Gasteiger partial charge is 0.222 e. The van der Waals surface area contributed by atoms with E-state index in [4.69, 9.17) is 10.7 Å². The second-order valence-electron chi connectivity index (χ2n) is 8.22. The van der Waals surface area contributed by atoms with Crippen molar-refractivity contribution in [3.8, 4) is 0 Å². The molecule has 1 aliphatic carbocycles. The molecule has 1 fully saturated rings. The van der Waals surface area contributed by atoms with E-state index < -0.39 is 0 Å². The third kappa shape index (κ3) is 2.81. The molecule has 0 spiro atoms. The number of benzene rings is 2. The van der Waals surface area contributed by atoms with E-state index in [0.717, 1.165) is 57.0 Å². The van der Waals surface area contributed by atoms with Crippen molar-refractivity contribution < 1.29 is 0 Å². The maximum atomic E-state index is 6.21. The monoisotopic (exact) mass is 373 g/mol. The van der Waals surface area contributed by atoms with Gasteiger partial charge in [0, 0.05) is 37.2 Å². The quantitative estimate of drug-likeness (QED) is 0.722. The molecule has 1 aromatic heterocycles. The van der Waals surface area contributed by atoms with Gasteiger partial charge in [-0.2, -0.15) is 4.98 Å². The summed E-state index contributed by atoms with van der Waals surface area (Å²) in [6.45, 7) is 6.23. The Morgan fingerprint density at radius 3 is 2.64 bits per heavy atom. The van der Waals surface area contributed by atoms with Gasteiger partial charge in [-0.15, -0.1) is 0 Å². The van der Waals surface area contributed by atoms with E-state index in [1.807, 2.05) is 0 Å². The maximum absolute atomic E-state index is 6.21. The zero-order chi connectivity index (χ0) is 19.1. The Labute approximate surface area is 166 Å². The number of nitrogens with two attached hydrogens (primary N) is 1. The summed E-state index contributed by atoms with van der Waals surface area (Å²) in [5.74, 6) is 1.44. The largest absolute Gasteiger partial charge is 0.368 e. The normalized spacial score (nSPS) is 22.2. The summed E-state index contributed by atoms with van der Waals surface area (Å²) in [4.78, 5) is 11.9. The minimum atomic E-state index is -0.141. The lowest BCUT2D eigenvalue weighted by Crippen LogP contribution is -2.45. The van der Waals surface area contributed by atoms with Crippen LogP contribution in [-0.2, 0) is 11.8 Å². The molecule has 5 nitrogen and oxygen atoms in total. The van der Waals surface area contributed by atoms with Crippen molar-refractivity contribution in [1.29, 1.82) is 0 Å². The molecular weight excluding hydrogens is 346 g/mol. The van der Waals surface area contributed by atoms with Crippen LogP contribution in [0.3, 0.4) is 0 Å². The number of nitrogens with one attached hydrogen (secondary N) is 1. The Hall–Kier alpha value is -2.66. The summed E-state index contributed by atoms with van der Waals surface area (Å²) in [6, 6.07) is 15.4. The van der Waals surface area contributed by atoms with E-state index in [9.17, 15) is 0 Å². The maximum Gasteiger partial charge on any atom is 0.222 e. The number of hydrogen-bond donors (Lipinski definition) is 2.